The quantitative estimate of drug-likeness (QED) is 0.287. The van der Waals surface area contributed by atoms with E-state index in [4.69, 9.17) is 19.7 Å². The fraction of sp³-hybridized carbons (Fsp3) is 0.526. The van der Waals surface area contributed by atoms with Crippen LogP contribution in [0.4, 0.5) is 0 Å². The molecule has 2 saturated carbocycles. The Bertz CT molecular complexity index is 1740. The molecule has 2 spiro atoms. The summed E-state index contributed by atoms with van der Waals surface area (Å²) in [6.07, 6.45) is 7.42. The van der Waals surface area contributed by atoms with Crippen molar-refractivity contribution in [2.45, 2.75) is 97.7 Å². The van der Waals surface area contributed by atoms with Gasteiger partial charge in [-0.05, 0) is 74.6 Å². The van der Waals surface area contributed by atoms with Crippen molar-refractivity contribution < 1.29 is 29.9 Å². The minimum Gasteiger partial charge on any atom is -0.504 e. The molecule has 2 aromatic carbocycles. The highest BCUT2D eigenvalue weighted by molar-refractivity contribution is 5.97. The van der Waals surface area contributed by atoms with Gasteiger partial charge in [0.1, 0.15) is 0 Å². The minimum atomic E-state index is -1.06. The number of hydrogen-bond acceptors (Lipinski definition) is 10. The predicted molar refractivity (Wildman–Crippen MR) is 179 cm³/mol. The van der Waals surface area contributed by atoms with Gasteiger partial charge < -0.3 is 29.9 Å². The van der Waals surface area contributed by atoms with Crippen LogP contribution in [0.3, 0.4) is 0 Å². The van der Waals surface area contributed by atoms with E-state index in [-0.39, 0.29) is 23.6 Å². The van der Waals surface area contributed by atoms with Crippen LogP contribution in [0.5, 0.6) is 23.0 Å². The van der Waals surface area contributed by atoms with Crippen molar-refractivity contribution >= 4 is 11.4 Å². The van der Waals surface area contributed by atoms with E-state index in [0.29, 0.717) is 76.0 Å². The molecular weight excluding hydrogens is 608 g/mol. The molecule has 4 aliphatic carbocycles. The molecule has 4 fully saturated rings. The monoisotopic (exact) mass is 650 g/mol. The van der Waals surface area contributed by atoms with E-state index in [0.717, 1.165) is 46.8 Å². The van der Waals surface area contributed by atoms with Gasteiger partial charge in [0.2, 0.25) is 0 Å². The lowest BCUT2D eigenvalue weighted by molar-refractivity contribution is -0.164. The minimum absolute atomic E-state index is 0.0885. The Balaban J connectivity index is 1.08. The Kier molecular flexibility index (Phi) is 5.79. The lowest BCUT2D eigenvalue weighted by Crippen LogP contribution is -2.76. The van der Waals surface area contributed by atoms with E-state index >= 15 is 0 Å². The summed E-state index contributed by atoms with van der Waals surface area (Å²) in [7, 11) is 0. The molecular formula is C38H42N4O6. The van der Waals surface area contributed by atoms with E-state index in [1.165, 1.54) is 0 Å². The van der Waals surface area contributed by atoms with Crippen LogP contribution in [0.15, 0.2) is 59.8 Å². The molecule has 0 amide bonds. The average Bonchev–Trinajstić information content (AvgIpc) is 3.61. The maximum absolute atomic E-state index is 12.7. The molecule has 250 valence electrons. The zero-order chi connectivity index (χ0) is 32.8. The Labute approximate surface area is 279 Å². The van der Waals surface area contributed by atoms with E-state index in [9.17, 15) is 20.4 Å². The van der Waals surface area contributed by atoms with Crippen LogP contribution in [0, 0.1) is 0 Å². The summed E-state index contributed by atoms with van der Waals surface area (Å²) in [5.74, 6) is 1.11. The molecule has 8 atom stereocenters. The topological polar surface area (TPSA) is 131 Å². The van der Waals surface area contributed by atoms with Gasteiger partial charge in [0.25, 0.3) is 0 Å². The standard InChI is InChI=1S/C38H42N4O6/c1-3-15-41-17-13-35-29-21-5-7-25(43)31(29)47-33(35)23(9-11-37(35,45)27(41)19-21)39-40-24-10-12-38(46)28-20-22-6-8-26(44)32-30(22)36(38,34(24)48-32)14-18-42(28)16-4-2/h3-8,27-28,33-34,43-46H,1-2,9-20H2/b39-23+,40-24+/t27?,28?,33?,34?,35-,36-,37?,38?/m0/s1. The van der Waals surface area contributed by atoms with Crippen molar-refractivity contribution in [3.05, 3.63) is 71.8 Å². The number of benzene rings is 2. The fourth-order valence-corrected chi connectivity index (χ4v) is 12.0. The predicted octanol–water partition coefficient (Wildman–Crippen LogP) is 3.28. The lowest BCUT2D eigenvalue weighted by atomic mass is 9.48. The number of likely N-dealkylation sites (tertiary alicyclic amines) is 2. The van der Waals surface area contributed by atoms with Crippen LogP contribution >= 0.6 is 0 Å². The van der Waals surface area contributed by atoms with Crippen LogP contribution in [0.1, 0.15) is 60.8 Å². The van der Waals surface area contributed by atoms with Crippen LogP contribution in [-0.4, -0.2) is 103 Å². The first-order chi connectivity index (χ1) is 23.2. The molecule has 0 aromatic heterocycles. The number of aliphatic hydroxyl groups is 2. The van der Waals surface area contributed by atoms with Gasteiger partial charge >= 0.3 is 0 Å². The third-order valence-electron chi connectivity index (χ3n) is 13.8. The Morgan fingerprint density at radius 2 is 1.15 bits per heavy atom. The Morgan fingerprint density at radius 3 is 1.56 bits per heavy atom. The molecule has 10 rings (SSSR count). The molecule has 2 aromatic rings. The van der Waals surface area contributed by atoms with Gasteiger partial charge in [-0.15, -0.1) is 13.2 Å². The Hall–Kier alpha value is -3.70. The highest BCUT2D eigenvalue weighted by Crippen LogP contribution is 2.66. The zero-order valence-electron chi connectivity index (χ0n) is 27.1. The molecule has 4 heterocycles. The summed E-state index contributed by atoms with van der Waals surface area (Å²) < 4.78 is 13.3. The van der Waals surface area contributed by atoms with E-state index in [2.05, 4.69) is 23.0 Å². The molecule has 10 nitrogen and oxygen atoms in total. The van der Waals surface area contributed by atoms with Gasteiger partial charge in [-0.1, -0.05) is 24.3 Å². The summed E-state index contributed by atoms with van der Waals surface area (Å²) in [6, 6.07) is 7.18. The number of aromatic hydroxyl groups is 2. The summed E-state index contributed by atoms with van der Waals surface area (Å²) in [5, 5.41) is 57.4. The van der Waals surface area contributed by atoms with E-state index in [1.807, 2.05) is 24.3 Å². The van der Waals surface area contributed by atoms with Crippen molar-refractivity contribution in [3.63, 3.8) is 0 Å². The molecule has 0 radical (unpaired) electrons. The lowest BCUT2D eigenvalue weighted by Gasteiger charge is -2.63. The molecule has 8 aliphatic rings. The third-order valence-corrected chi connectivity index (χ3v) is 13.8. The van der Waals surface area contributed by atoms with E-state index < -0.39 is 34.2 Å². The highest BCUT2D eigenvalue weighted by atomic mass is 16.5. The SMILES string of the molecule is C=CCN1CC[C@]23c4c5ccc(O)c4OC2/C(=N/N=C2\CCC4(O)C6Cc7ccc(O)c8c7[C@@]4(CCN6CC=C)C2O8)CCC3(O)C1C5. The fourth-order valence-electron chi connectivity index (χ4n) is 12.0. The molecule has 2 saturated heterocycles. The van der Waals surface area contributed by atoms with Crippen LogP contribution < -0.4 is 9.47 Å². The van der Waals surface area contributed by atoms with Gasteiger partial charge in [-0.25, -0.2) is 0 Å². The first-order valence-electron chi connectivity index (χ1n) is 17.5. The molecule has 48 heavy (non-hydrogen) atoms. The Morgan fingerprint density at radius 1 is 0.708 bits per heavy atom. The van der Waals surface area contributed by atoms with Crippen molar-refractivity contribution in [1.29, 1.82) is 0 Å². The third kappa shape index (κ3) is 3.15. The molecule has 4 N–H and O–H groups in total. The highest BCUT2D eigenvalue weighted by Gasteiger charge is 2.74. The zero-order valence-corrected chi connectivity index (χ0v) is 27.1. The first-order valence-corrected chi connectivity index (χ1v) is 17.5. The number of phenolic OH excluding ortho intramolecular Hbond substituents is 2. The van der Waals surface area contributed by atoms with E-state index in [1.54, 1.807) is 12.1 Å². The number of rotatable bonds is 5. The van der Waals surface area contributed by atoms with Crippen molar-refractivity contribution in [3.8, 4) is 23.0 Å². The second-order valence-electron chi connectivity index (χ2n) is 15.4. The summed E-state index contributed by atoms with van der Waals surface area (Å²) in [4.78, 5) is 4.68. The number of piperidine rings is 2. The second-order valence-corrected chi connectivity index (χ2v) is 15.4. The van der Waals surface area contributed by atoms with Crippen molar-refractivity contribution in [1.82, 2.24) is 9.80 Å². The van der Waals surface area contributed by atoms with Crippen LogP contribution in [0.2, 0.25) is 0 Å². The number of hydrogen-bond donors (Lipinski definition) is 4. The first kappa shape index (κ1) is 29.2. The van der Waals surface area contributed by atoms with Crippen LogP contribution in [0.25, 0.3) is 0 Å². The van der Waals surface area contributed by atoms with Crippen LogP contribution in [-0.2, 0) is 23.7 Å². The smallest absolute Gasteiger partial charge is 0.166 e. The normalized spacial score (nSPS) is 41.4. The van der Waals surface area contributed by atoms with Gasteiger partial charge in [0, 0.05) is 49.4 Å². The maximum Gasteiger partial charge on any atom is 0.166 e. The van der Waals surface area contributed by atoms with Gasteiger partial charge in [-0.3, -0.25) is 9.80 Å². The molecule has 6 unspecified atom stereocenters. The number of nitrogens with zero attached hydrogens (tertiary/aromatic N) is 4. The molecule has 4 aliphatic heterocycles. The summed E-state index contributed by atoms with van der Waals surface area (Å²) in [5.41, 5.74) is 1.99. The van der Waals surface area contributed by atoms with Gasteiger partial charge in [-0.2, -0.15) is 10.2 Å². The molecule has 10 heteroatoms. The maximum atomic E-state index is 12.7. The largest absolute Gasteiger partial charge is 0.504 e. The van der Waals surface area contributed by atoms with Crippen molar-refractivity contribution in [2.75, 3.05) is 26.2 Å². The summed E-state index contributed by atoms with van der Waals surface area (Å²) >= 11 is 0. The number of ether oxygens (including phenoxy) is 2. The van der Waals surface area contributed by atoms with Gasteiger partial charge in [0.05, 0.1) is 33.5 Å². The molecule has 4 bridgehead atoms. The van der Waals surface area contributed by atoms with Gasteiger partial charge in [0.15, 0.2) is 35.2 Å². The average molecular weight is 651 g/mol. The van der Waals surface area contributed by atoms with Crippen molar-refractivity contribution in [2.24, 2.45) is 10.2 Å². The summed E-state index contributed by atoms with van der Waals surface area (Å²) in [6.45, 7) is 10.9. The second kappa shape index (κ2) is 9.50. The number of phenols is 2.